The van der Waals surface area contributed by atoms with E-state index < -0.39 is 64.7 Å². The molecule has 270 valence electrons. The van der Waals surface area contributed by atoms with Gasteiger partial charge in [-0.2, -0.15) is 0 Å². The summed E-state index contributed by atoms with van der Waals surface area (Å²) in [4.78, 5) is 80.8. The molecule has 0 aromatic rings. The molecule has 13 heteroatoms. The van der Waals surface area contributed by atoms with Crippen LogP contribution < -0.4 is 27.0 Å². The molecule has 6 atom stereocenters. The molecule has 1 aliphatic heterocycles. The molecule has 4 aliphatic rings. The highest BCUT2D eigenvalue weighted by Crippen LogP contribution is 2.65. The van der Waals surface area contributed by atoms with Gasteiger partial charge in [-0.25, -0.2) is 9.59 Å². The zero-order valence-corrected chi connectivity index (χ0v) is 29.9. The van der Waals surface area contributed by atoms with E-state index in [1.165, 1.54) is 0 Å². The summed E-state index contributed by atoms with van der Waals surface area (Å²) in [6, 6.07) is -3.92. The molecular formula is C35H58N6O7. The summed E-state index contributed by atoms with van der Waals surface area (Å²) in [6.07, 6.45) is 6.96. The molecule has 1 heterocycles. The van der Waals surface area contributed by atoms with Gasteiger partial charge in [0, 0.05) is 13.1 Å². The quantitative estimate of drug-likeness (QED) is 0.186. The van der Waals surface area contributed by atoms with E-state index in [9.17, 15) is 28.8 Å². The Bertz CT molecular complexity index is 1250. The number of Topliss-reactive ketones (excluding diaryl/α,β-unsaturated/α-hetero) is 1. The molecule has 1 unspecified atom stereocenters. The van der Waals surface area contributed by atoms with Crippen LogP contribution in [-0.4, -0.2) is 84.4 Å². The van der Waals surface area contributed by atoms with Gasteiger partial charge in [0.05, 0.1) is 12.1 Å². The highest BCUT2D eigenvalue weighted by atomic mass is 16.5. The molecule has 0 radical (unpaired) electrons. The number of hydrogen-bond donors (Lipinski definition) is 5. The van der Waals surface area contributed by atoms with Crippen molar-refractivity contribution < 1.29 is 33.5 Å². The normalized spacial score (nSPS) is 26.1. The standard InChI is InChI=1S/C35H58N6O7/c1-8-37-32(47)48-19-23(33(2,3)4)39-31(46)40-27(35(7)15-10-9-11-16-35)30(45)41-18-21-24(34(21,5)6)25(41)29(44)38-22(26(42)28(36)43)17-20-13-12-14-20/h20-25,27H,8-19H2,1-7H3,(H2,36,43)(H,37,47)(H,38,44)(H2,39,40,46)/t21-,22?,23+,24-,25-,27+/m0/s1. The van der Waals surface area contributed by atoms with Gasteiger partial charge < -0.3 is 36.6 Å². The van der Waals surface area contributed by atoms with Crippen LogP contribution in [0.1, 0.15) is 106 Å². The minimum absolute atomic E-state index is 0.0580. The van der Waals surface area contributed by atoms with Crippen molar-refractivity contribution in [2.24, 2.45) is 39.7 Å². The Morgan fingerprint density at radius 2 is 1.58 bits per heavy atom. The number of hydrogen-bond acceptors (Lipinski definition) is 7. The van der Waals surface area contributed by atoms with Crippen molar-refractivity contribution in [3.05, 3.63) is 0 Å². The monoisotopic (exact) mass is 674 g/mol. The van der Waals surface area contributed by atoms with Crippen LogP contribution in [0.25, 0.3) is 0 Å². The molecule has 4 rings (SSSR count). The average molecular weight is 675 g/mol. The molecular weight excluding hydrogens is 616 g/mol. The smallest absolute Gasteiger partial charge is 0.407 e. The summed E-state index contributed by atoms with van der Waals surface area (Å²) in [6.45, 7) is 14.4. The fourth-order valence-corrected chi connectivity index (χ4v) is 8.08. The third-order valence-corrected chi connectivity index (χ3v) is 11.7. The second-order valence-corrected chi connectivity index (χ2v) is 16.5. The Kier molecular flexibility index (Phi) is 11.4. The van der Waals surface area contributed by atoms with Crippen LogP contribution in [0.2, 0.25) is 0 Å². The largest absolute Gasteiger partial charge is 0.447 e. The third kappa shape index (κ3) is 8.25. The number of ether oxygens (including phenoxy) is 1. The van der Waals surface area contributed by atoms with Gasteiger partial charge in [-0.3, -0.25) is 19.2 Å². The lowest BCUT2D eigenvalue weighted by Gasteiger charge is -2.43. The number of alkyl carbamates (subject to hydrolysis) is 1. The van der Waals surface area contributed by atoms with Crippen molar-refractivity contribution in [1.29, 1.82) is 0 Å². The fourth-order valence-electron chi connectivity index (χ4n) is 8.08. The number of nitrogens with two attached hydrogens (primary N) is 1. The lowest BCUT2D eigenvalue weighted by molar-refractivity contribution is -0.146. The molecule has 0 spiro atoms. The van der Waals surface area contributed by atoms with Crippen molar-refractivity contribution in [3.63, 3.8) is 0 Å². The molecule has 0 bridgehead atoms. The van der Waals surface area contributed by atoms with E-state index in [2.05, 4.69) is 35.1 Å². The number of carbonyl (C=O) groups excluding carboxylic acids is 6. The molecule has 48 heavy (non-hydrogen) atoms. The molecule has 13 nitrogen and oxygen atoms in total. The highest BCUT2D eigenvalue weighted by molar-refractivity contribution is 6.37. The number of amides is 6. The maximum atomic E-state index is 14.7. The van der Waals surface area contributed by atoms with Gasteiger partial charge in [-0.1, -0.05) is 80.1 Å². The number of piperidine rings is 1. The number of urea groups is 1. The Morgan fingerprint density at radius 3 is 2.12 bits per heavy atom. The van der Waals surface area contributed by atoms with Crippen LogP contribution in [0.3, 0.4) is 0 Å². The maximum Gasteiger partial charge on any atom is 0.407 e. The van der Waals surface area contributed by atoms with Crippen molar-refractivity contribution in [2.75, 3.05) is 19.7 Å². The SMILES string of the molecule is CCNC(=O)OC[C@@H](NC(=O)N[C@H](C(=O)N1C[C@H]2[C@@H]([C@H]1C(=O)NC(CC1CCC1)C(=O)C(N)=O)C2(C)C)C1(C)CCCCC1)C(C)(C)C. The second kappa shape index (κ2) is 14.6. The predicted octanol–water partition coefficient (Wildman–Crippen LogP) is 3.00. The third-order valence-electron chi connectivity index (χ3n) is 11.7. The molecule has 0 aromatic carbocycles. The number of likely N-dealkylation sites (tertiary alicyclic amines) is 1. The first-order valence-electron chi connectivity index (χ1n) is 17.8. The van der Waals surface area contributed by atoms with Crippen LogP contribution in [0.5, 0.6) is 0 Å². The number of ketones is 1. The van der Waals surface area contributed by atoms with Crippen LogP contribution in [0, 0.1) is 34.0 Å². The summed E-state index contributed by atoms with van der Waals surface area (Å²) in [5.41, 5.74) is 4.16. The van der Waals surface area contributed by atoms with E-state index in [-0.39, 0.29) is 35.7 Å². The van der Waals surface area contributed by atoms with Crippen molar-refractivity contribution >= 4 is 35.6 Å². The minimum atomic E-state index is -1.09. The van der Waals surface area contributed by atoms with Gasteiger partial charge in [-0.05, 0) is 60.2 Å². The predicted molar refractivity (Wildman–Crippen MR) is 179 cm³/mol. The van der Waals surface area contributed by atoms with Crippen molar-refractivity contribution in [1.82, 2.24) is 26.2 Å². The first-order chi connectivity index (χ1) is 22.4. The van der Waals surface area contributed by atoms with E-state index >= 15 is 0 Å². The van der Waals surface area contributed by atoms with E-state index in [4.69, 9.17) is 10.5 Å². The van der Waals surface area contributed by atoms with Gasteiger partial charge in [0.15, 0.2) is 0 Å². The van der Waals surface area contributed by atoms with Gasteiger partial charge in [0.1, 0.15) is 18.7 Å². The van der Waals surface area contributed by atoms with Gasteiger partial charge in [-0.15, -0.1) is 0 Å². The zero-order valence-electron chi connectivity index (χ0n) is 29.9. The Balaban J connectivity index is 1.57. The molecule has 3 saturated carbocycles. The van der Waals surface area contributed by atoms with Gasteiger partial charge >= 0.3 is 12.1 Å². The number of fused-ring (bicyclic) bond motifs is 1. The van der Waals surface area contributed by atoms with Crippen LogP contribution >= 0.6 is 0 Å². The summed E-state index contributed by atoms with van der Waals surface area (Å²) in [5.74, 6) is -2.53. The molecule has 3 aliphatic carbocycles. The fraction of sp³-hybridized carbons (Fsp3) is 0.829. The molecule has 0 aromatic heterocycles. The van der Waals surface area contributed by atoms with Gasteiger partial charge in [0.25, 0.3) is 5.91 Å². The molecule has 4 fully saturated rings. The Morgan fingerprint density at radius 1 is 0.938 bits per heavy atom. The molecule has 6 amide bonds. The van der Waals surface area contributed by atoms with Gasteiger partial charge in [0.2, 0.25) is 17.6 Å². The number of rotatable bonds is 13. The number of nitrogens with one attached hydrogen (secondary N) is 4. The summed E-state index contributed by atoms with van der Waals surface area (Å²) in [7, 11) is 0. The number of nitrogens with zero attached hydrogens (tertiary/aromatic N) is 1. The topological polar surface area (TPSA) is 189 Å². The van der Waals surface area contributed by atoms with E-state index in [1.807, 2.05) is 27.7 Å². The highest BCUT2D eigenvalue weighted by Gasteiger charge is 2.70. The van der Waals surface area contributed by atoms with E-state index in [0.717, 1.165) is 51.4 Å². The second-order valence-electron chi connectivity index (χ2n) is 16.5. The summed E-state index contributed by atoms with van der Waals surface area (Å²) >= 11 is 0. The first-order valence-corrected chi connectivity index (χ1v) is 17.8. The molecule has 1 saturated heterocycles. The Hall–Kier alpha value is -3.38. The zero-order chi connectivity index (χ0) is 35.6. The van der Waals surface area contributed by atoms with Crippen LogP contribution in [0.15, 0.2) is 0 Å². The average Bonchev–Trinajstić information content (AvgIpc) is 3.30. The van der Waals surface area contributed by atoms with Crippen molar-refractivity contribution in [3.8, 4) is 0 Å². The number of carbonyl (C=O) groups is 6. The van der Waals surface area contributed by atoms with Crippen LogP contribution in [0.4, 0.5) is 9.59 Å². The van der Waals surface area contributed by atoms with E-state index in [1.54, 1.807) is 11.8 Å². The lowest BCUT2D eigenvalue weighted by atomic mass is 9.70. The lowest BCUT2D eigenvalue weighted by Crippen LogP contribution is -2.63. The maximum absolute atomic E-state index is 14.7. The minimum Gasteiger partial charge on any atom is -0.447 e. The Labute approximate surface area is 285 Å². The number of primary amides is 1. The summed E-state index contributed by atoms with van der Waals surface area (Å²) < 4.78 is 5.35. The van der Waals surface area contributed by atoms with Crippen LogP contribution in [-0.2, 0) is 23.9 Å². The van der Waals surface area contributed by atoms with E-state index in [0.29, 0.717) is 19.5 Å². The summed E-state index contributed by atoms with van der Waals surface area (Å²) in [5, 5.41) is 11.4. The van der Waals surface area contributed by atoms with Crippen molar-refractivity contribution in [2.45, 2.75) is 130 Å². The first kappa shape index (κ1) is 37.4. The molecule has 6 N–H and O–H groups in total.